The molecule has 0 aromatic carbocycles. The van der Waals surface area contributed by atoms with Crippen LogP contribution in [-0.2, 0) is 4.74 Å². The van der Waals surface area contributed by atoms with Crippen molar-refractivity contribution in [1.82, 2.24) is 5.32 Å². The van der Waals surface area contributed by atoms with Gasteiger partial charge in [-0.25, -0.2) is 0 Å². The Hall–Kier alpha value is -0.340. The SMILES string of the molecule is CC(C)=CCNC1C2CCCOC2C1(C)C. The number of hydrogen-bond donors (Lipinski definition) is 1. The number of fused-ring (bicyclic) bond motifs is 1. The Kier molecular flexibility index (Phi) is 3.41. The van der Waals surface area contributed by atoms with Gasteiger partial charge in [-0.2, -0.15) is 0 Å². The van der Waals surface area contributed by atoms with Crippen LogP contribution in [0.1, 0.15) is 40.5 Å². The Morgan fingerprint density at radius 3 is 2.88 bits per heavy atom. The first-order chi connectivity index (χ1) is 7.53. The minimum atomic E-state index is 0.306. The number of allylic oxidation sites excluding steroid dienone is 1. The molecule has 2 aliphatic rings. The largest absolute Gasteiger partial charge is 0.377 e. The van der Waals surface area contributed by atoms with Crippen molar-refractivity contribution in [2.75, 3.05) is 13.2 Å². The summed E-state index contributed by atoms with van der Waals surface area (Å²) in [5.41, 5.74) is 1.70. The van der Waals surface area contributed by atoms with E-state index < -0.39 is 0 Å². The molecule has 92 valence electrons. The molecule has 0 spiro atoms. The van der Waals surface area contributed by atoms with Crippen molar-refractivity contribution in [2.45, 2.75) is 52.7 Å². The van der Waals surface area contributed by atoms with Gasteiger partial charge in [0.15, 0.2) is 0 Å². The highest BCUT2D eigenvalue weighted by molar-refractivity contribution is 5.11. The number of rotatable bonds is 3. The molecule has 3 unspecified atom stereocenters. The highest BCUT2D eigenvalue weighted by Crippen LogP contribution is 2.51. The zero-order valence-electron chi connectivity index (χ0n) is 11.0. The lowest BCUT2D eigenvalue weighted by molar-refractivity contribution is -0.191. The van der Waals surface area contributed by atoms with E-state index in [9.17, 15) is 0 Å². The van der Waals surface area contributed by atoms with Gasteiger partial charge in [0.05, 0.1) is 6.10 Å². The smallest absolute Gasteiger partial charge is 0.0684 e. The summed E-state index contributed by atoms with van der Waals surface area (Å²) in [6.45, 7) is 10.9. The summed E-state index contributed by atoms with van der Waals surface area (Å²) in [6.07, 6.45) is 5.33. The molecule has 2 heteroatoms. The second-order valence-electron chi connectivity index (χ2n) is 6.09. The third-order valence-corrected chi connectivity index (χ3v) is 4.18. The second kappa shape index (κ2) is 4.50. The van der Waals surface area contributed by atoms with Gasteiger partial charge in [0.1, 0.15) is 0 Å². The van der Waals surface area contributed by atoms with Crippen molar-refractivity contribution in [1.29, 1.82) is 0 Å². The molecule has 0 aromatic heterocycles. The zero-order chi connectivity index (χ0) is 11.8. The van der Waals surface area contributed by atoms with E-state index in [1.54, 1.807) is 0 Å². The van der Waals surface area contributed by atoms with Crippen LogP contribution in [0.2, 0.25) is 0 Å². The van der Waals surface area contributed by atoms with Gasteiger partial charge in [-0.1, -0.05) is 25.5 Å². The molecule has 1 N–H and O–H groups in total. The van der Waals surface area contributed by atoms with Crippen LogP contribution in [0.15, 0.2) is 11.6 Å². The summed E-state index contributed by atoms with van der Waals surface area (Å²) in [7, 11) is 0. The van der Waals surface area contributed by atoms with Crippen molar-refractivity contribution in [3.8, 4) is 0 Å². The van der Waals surface area contributed by atoms with Crippen molar-refractivity contribution in [2.24, 2.45) is 11.3 Å². The Balaban J connectivity index is 1.91. The van der Waals surface area contributed by atoms with Gasteiger partial charge in [-0.3, -0.25) is 0 Å². The van der Waals surface area contributed by atoms with E-state index in [2.05, 4.69) is 39.1 Å². The summed E-state index contributed by atoms with van der Waals surface area (Å²) in [5.74, 6) is 0.745. The van der Waals surface area contributed by atoms with E-state index in [0.29, 0.717) is 17.6 Å². The monoisotopic (exact) mass is 223 g/mol. The first-order valence-electron chi connectivity index (χ1n) is 6.52. The molecule has 0 bridgehead atoms. The van der Waals surface area contributed by atoms with E-state index >= 15 is 0 Å². The minimum absolute atomic E-state index is 0.306. The Morgan fingerprint density at radius 2 is 2.19 bits per heavy atom. The number of hydrogen-bond acceptors (Lipinski definition) is 2. The summed E-state index contributed by atoms with van der Waals surface area (Å²) in [6, 6.07) is 0.633. The molecule has 3 atom stereocenters. The van der Waals surface area contributed by atoms with Crippen LogP contribution < -0.4 is 5.32 Å². The topological polar surface area (TPSA) is 21.3 Å². The normalized spacial score (nSPS) is 36.1. The molecule has 1 heterocycles. The summed E-state index contributed by atoms with van der Waals surface area (Å²) < 4.78 is 5.89. The lowest BCUT2D eigenvalue weighted by atomic mass is 9.55. The third kappa shape index (κ3) is 2.05. The molecule has 0 amide bonds. The summed E-state index contributed by atoms with van der Waals surface area (Å²) in [4.78, 5) is 0. The molecule has 1 aliphatic heterocycles. The van der Waals surface area contributed by atoms with Gasteiger partial charge in [0.2, 0.25) is 0 Å². The Labute approximate surface area is 99.4 Å². The highest BCUT2D eigenvalue weighted by Gasteiger charge is 2.57. The Bertz CT molecular complexity index is 278. The van der Waals surface area contributed by atoms with Gasteiger partial charge in [0.25, 0.3) is 0 Å². The molecule has 2 fully saturated rings. The average molecular weight is 223 g/mol. The second-order valence-corrected chi connectivity index (χ2v) is 6.09. The van der Waals surface area contributed by atoms with Crippen molar-refractivity contribution < 1.29 is 4.74 Å². The van der Waals surface area contributed by atoms with Gasteiger partial charge in [-0.15, -0.1) is 0 Å². The average Bonchev–Trinajstić information content (AvgIpc) is 2.24. The van der Waals surface area contributed by atoms with Crippen molar-refractivity contribution in [3.63, 3.8) is 0 Å². The molecular weight excluding hydrogens is 198 g/mol. The van der Waals surface area contributed by atoms with E-state index in [4.69, 9.17) is 4.74 Å². The van der Waals surface area contributed by atoms with Crippen LogP contribution in [0.3, 0.4) is 0 Å². The standard InChI is InChI=1S/C14H25NO/c1-10(2)7-8-15-12-11-6-5-9-16-13(11)14(12,3)4/h7,11-13,15H,5-6,8-9H2,1-4H3. The van der Waals surface area contributed by atoms with E-state index in [-0.39, 0.29) is 0 Å². The molecule has 0 aromatic rings. The van der Waals surface area contributed by atoms with Crippen LogP contribution in [-0.4, -0.2) is 25.3 Å². The maximum Gasteiger partial charge on any atom is 0.0684 e. The predicted octanol–water partition coefficient (Wildman–Crippen LogP) is 2.75. The van der Waals surface area contributed by atoms with Crippen LogP contribution in [0, 0.1) is 11.3 Å². The first kappa shape index (κ1) is 12.1. The fraction of sp³-hybridized carbons (Fsp3) is 0.857. The lowest BCUT2D eigenvalue weighted by Gasteiger charge is -2.60. The van der Waals surface area contributed by atoms with Gasteiger partial charge < -0.3 is 10.1 Å². The molecule has 1 aliphatic carbocycles. The van der Waals surface area contributed by atoms with Gasteiger partial charge in [0, 0.05) is 30.5 Å². The third-order valence-electron chi connectivity index (χ3n) is 4.18. The quantitative estimate of drug-likeness (QED) is 0.743. The fourth-order valence-corrected chi connectivity index (χ4v) is 3.33. The molecule has 2 rings (SSSR count). The van der Waals surface area contributed by atoms with E-state index in [1.807, 2.05) is 0 Å². The molecule has 1 saturated carbocycles. The maximum absolute atomic E-state index is 5.89. The van der Waals surface area contributed by atoms with E-state index in [0.717, 1.165) is 19.1 Å². The van der Waals surface area contributed by atoms with Gasteiger partial charge >= 0.3 is 0 Å². The first-order valence-corrected chi connectivity index (χ1v) is 6.52. The van der Waals surface area contributed by atoms with Crippen molar-refractivity contribution >= 4 is 0 Å². The van der Waals surface area contributed by atoms with Crippen LogP contribution >= 0.6 is 0 Å². The Morgan fingerprint density at radius 1 is 1.44 bits per heavy atom. The minimum Gasteiger partial charge on any atom is -0.377 e. The highest BCUT2D eigenvalue weighted by atomic mass is 16.5. The van der Waals surface area contributed by atoms with Gasteiger partial charge in [-0.05, 0) is 26.7 Å². The lowest BCUT2D eigenvalue weighted by Crippen LogP contribution is -2.69. The molecule has 1 saturated heterocycles. The number of ether oxygens (including phenoxy) is 1. The summed E-state index contributed by atoms with van der Waals surface area (Å²) in [5, 5.41) is 3.68. The zero-order valence-corrected chi connectivity index (χ0v) is 11.0. The predicted molar refractivity (Wildman–Crippen MR) is 67.5 cm³/mol. The van der Waals surface area contributed by atoms with Crippen molar-refractivity contribution in [3.05, 3.63) is 11.6 Å². The molecular formula is C14H25NO. The maximum atomic E-state index is 5.89. The summed E-state index contributed by atoms with van der Waals surface area (Å²) >= 11 is 0. The molecule has 2 nitrogen and oxygen atoms in total. The molecule has 0 radical (unpaired) electrons. The van der Waals surface area contributed by atoms with Crippen LogP contribution in [0.4, 0.5) is 0 Å². The van der Waals surface area contributed by atoms with Crippen LogP contribution in [0.5, 0.6) is 0 Å². The number of nitrogens with one attached hydrogen (secondary N) is 1. The van der Waals surface area contributed by atoms with Crippen LogP contribution in [0.25, 0.3) is 0 Å². The fourth-order valence-electron chi connectivity index (χ4n) is 3.33. The van der Waals surface area contributed by atoms with E-state index in [1.165, 1.54) is 18.4 Å². The molecule has 16 heavy (non-hydrogen) atoms.